The van der Waals surface area contributed by atoms with Crippen LogP contribution in [0.5, 0.6) is 0 Å². The fourth-order valence-electron chi connectivity index (χ4n) is 3.11. The van der Waals surface area contributed by atoms with Gasteiger partial charge < -0.3 is 9.73 Å². The SMILES string of the molecule is O=C(C=Cc1ccccc1)NCC(c1ccco1)N1CCCCC1. The summed E-state index contributed by atoms with van der Waals surface area (Å²) in [5.41, 5.74) is 1.02. The van der Waals surface area contributed by atoms with E-state index in [1.807, 2.05) is 48.5 Å². The van der Waals surface area contributed by atoms with Crippen LogP contribution in [0.2, 0.25) is 0 Å². The molecule has 2 aromatic rings. The first-order valence-corrected chi connectivity index (χ1v) is 8.61. The molecule has 24 heavy (non-hydrogen) atoms. The minimum Gasteiger partial charge on any atom is -0.468 e. The number of hydrogen-bond donors (Lipinski definition) is 1. The number of carbonyl (C=O) groups excluding carboxylic acids is 1. The first-order chi connectivity index (χ1) is 11.8. The summed E-state index contributed by atoms with van der Waals surface area (Å²) in [6, 6.07) is 13.8. The minimum absolute atomic E-state index is 0.0765. The van der Waals surface area contributed by atoms with Gasteiger partial charge in [-0.05, 0) is 49.7 Å². The third-order valence-electron chi connectivity index (χ3n) is 4.40. The highest BCUT2D eigenvalue weighted by atomic mass is 16.3. The van der Waals surface area contributed by atoms with Crippen LogP contribution in [-0.4, -0.2) is 30.4 Å². The molecule has 1 aliphatic rings. The zero-order valence-electron chi connectivity index (χ0n) is 13.9. The smallest absolute Gasteiger partial charge is 0.244 e. The molecule has 1 aliphatic heterocycles. The van der Waals surface area contributed by atoms with Crippen molar-refractivity contribution in [3.63, 3.8) is 0 Å². The molecule has 2 heterocycles. The number of nitrogens with one attached hydrogen (secondary N) is 1. The summed E-state index contributed by atoms with van der Waals surface area (Å²) >= 11 is 0. The van der Waals surface area contributed by atoms with Crippen LogP contribution in [0.3, 0.4) is 0 Å². The molecule has 1 aromatic carbocycles. The number of carbonyl (C=O) groups is 1. The second kappa shape index (κ2) is 8.50. The van der Waals surface area contributed by atoms with E-state index in [4.69, 9.17) is 4.42 Å². The molecule has 4 heteroatoms. The molecule has 4 nitrogen and oxygen atoms in total. The Morgan fingerprint density at radius 1 is 1.12 bits per heavy atom. The van der Waals surface area contributed by atoms with Gasteiger partial charge in [0, 0.05) is 12.6 Å². The van der Waals surface area contributed by atoms with Crippen molar-refractivity contribution < 1.29 is 9.21 Å². The molecule has 0 bridgehead atoms. The number of likely N-dealkylation sites (tertiary alicyclic amines) is 1. The number of furan rings is 1. The molecule has 0 saturated carbocycles. The van der Waals surface area contributed by atoms with Crippen molar-refractivity contribution >= 4 is 12.0 Å². The Morgan fingerprint density at radius 2 is 1.92 bits per heavy atom. The van der Waals surface area contributed by atoms with E-state index in [-0.39, 0.29) is 11.9 Å². The first kappa shape index (κ1) is 16.5. The number of rotatable bonds is 6. The van der Waals surface area contributed by atoms with E-state index >= 15 is 0 Å². The third kappa shape index (κ3) is 4.59. The maximum atomic E-state index is 12.1. The molecule has 1 atom stereocenters. The van der Waals surface area contributed by atoms with Crippen molar-refractivity contribution in [2.45, 2.75) is 25.3 Å². The van der Waals surface area contributed by atoms with Crippen LogP contribution in [-0.2, 0) is 4.79 Å². The molecule has 1 fully saturated rings. The lowest BCUT2D eigenvalue weighted by molar-refractivity contribution is -0.116. The van der Waals surface area contributed by atoms with E-state index in [0.717, 1.165) is 24.4 Å². The number of hydrogen-bond acceptors (Lipinski definition) is 3. The quantitative estimate of drug-likeness (QED) is 0.825. The zero-order chi connectivity index (χ0) is 16.6. The summed E-state index contributed by atoms with van der Waals surface area (Å²) in [5, 5.41) is 3.01. The van der Waals surface area contributed by atoms with Gasteiger partial charge in [0.05, 0.1) is 12.3 Å². The van der Waals surface area contributed by atoms with Gasteiger partial charge in [0.25, 0.3) is 0 Å². The topological polar surface area (TPSA) is 45.5 Å². The highest BCUT2D eigenvalue weighted by Gasteiger charge is 2.24. The highest BCUT2D eigenvalue weighted by molar-refractivity contribution is 5.91. The predicted molar refractivity (Wildman–Crippen MR) is 95.4 cm³/mol. The molecular formula is C20H24N2O2. The number of benzene rings is 1. The lowest BCUT2D eigenvalue weighted by Crippen LogP contribution is -2.40. The first-order valence-electron chi connectivity index (χ1n) is 8.61. The van der Waals surface area contributed by atoms with Gasteiger partial charge in [-0.15, -0.1) is 0 Å². The van der Waals surface area contributed by atoms with E-state index in [1.54, 1.807) is 12.3 Å². The van der Waals surface area contributed by atoms with Crippen LogP contribution in [0, 0.1) is 0 Å². The predicted octanol–water partition coefficient (Wildman–Crippen LogP) is 3.64. The van der Waals surface area contributed by atoms with Gasteiger partial charge in [0.2, 0.25) is 5.91 Å². The molecule has 1 N–H and O–H groups in total. The van der Waals surface area contributed by atoms with Crippen molar-refractivity contribution in [2.24, 2.45) is 0 Å². The van der Waals surface area contributed by atoms with Gasteiger partial charge >= 0.3 is 0 Å². The standard InChI is InChI=1S/C20H24N2O2/c23-20(12-11-17-8-3-1-4-9-17)21-16-18(19-10-7-15-24-19)22-13-5-2-6-14-22/h1,3-4,7-12,15,18H,2,5-6,13-14,16H2,(H,21,23). The van der Waals surface area contributed by atoms with E-state index in [0.29, 0.717) is 6.54 Å². The molecule has 1 unspecified atom stereocenters. The Labute approximate surface area is 143 Å². The molecular weight excluding hydrogens is 300 g/mol. The Morgan fingerprint density at radius 3 is 2.62 bits per heavy atom. The largest absolute Gasteiger partial charge is 0.468 e. The lowest BCUT2D eigenvalue weighted by Gasteiger charge is -2.33. The van der Waals surface area contributed by atoms with Crippen LogP contribution < -0.4 is 5.32 Å². The number of piperidine rings is 1. The Kier molecular flexibility index (Phi) is 5.85. The van der Waals surface area contributed by atoms with Crippen LogP contribution in [0.1, 0.15) is 36.6 Å². The summed E-state index contributed by atoms with van der Waals surface area (Å²) < 4.78 is 5.60. The summed E-state index contributed by atoms with van der Waals surface area (Å²) in [4.78, 5) is 14.5. The highest BCUT2D eigenvalue weighted by Crippen LogP contribution is 2.24. The van der Waals surface area contributed by atoms with E-state index in [1.165, 1.54) is 19.3 Å². The van der Waals surface area contributed by atoms with Gasteiger partial charge in [0.15, 0.2) is 0 Å². The summed E-state index contributed by atoms with van der Waals surface area (Å²) in [5.74, 6) is 0.844. The fourth-order valence-corrected chi connectivity index (χ4v) is 3.11. The fraction of sp³-hybridized carbons (Fsp3) is 0.350. The average Bonchev–Trinajstić information content (AvgIpc) is 3.16. The van der Waals surface area contributed by atoms with Gasteiger partial charge in [-0.3, -0.25) is 9.69 Å². The summed E-state index contributed by atoms with van der Waals surface area (Å²) in [7, 11) is 0. The second-order valence-electron chi connectivity index (χ2n) is 6.12. The van der Waals surface area contributed by atoms with Crippen LogP contribution in [0.15, 0.2) is 59.2 Å². The van der Waals surface area contributed by atoms with Crippen LogP contribution in [0.25, 0.3) is 6.08 Å². The van der Waals surface area contributed by atoms with Crippen molar-refractivity contribution in [2.75, 3.05) is 19.6 Å². The molecule has 0 spiro atoms. The molecule has 0 radical (unpaired) electrons. The molecule has 1 aromatic heterocycles. The Bertz CT molecular complexity index is 644. The monoisotopic (exact) mass is 324 g/mol. The van der Waals surface area contributed by atoms with Gasteiger partial charge in [-0.1, -0.05) is 36.8 Å². The van der Waals surface area contributed by atoms with E-state index in [9.17, 15) is 4.79 Å². The summed E-state index contributed by atoms with van der Waals surface area (Å²) in [6.07, 6.45) is 8.82. The van der Waals surface area contributed by atoms with Crippen molar-refractivity contribution in [3.05, 3.63) is 66.1 Å². The van der Waals surface area contributed by atoms with E-state index in [2.05, 4.69) is 10.2 Å². The number of amides is 1. The zero-order valence-corrected chi connectivity index (χ0v) is 13.9. The second-order valence-corrected chi connectivity index (χ2v) is 6.12. The number of nitrogens with zero attached hydrogens (tertiary/aromatic N) is 1. The summed E-state index contributed by atoms with van der Waals surface area (Å²) in [6.45, 7) is 2.67. The molecule has 1 amide bonds. The third-order valence-corrected chi connectivity index (χ3v) is 4.40. The molecule has 3 rings (SSSR count). The van der Waals surface area contributed by atoms with Crippen LogP contribution in [0.4, 0.5) is 0 Å². The van der Waals surface area contributed by atoms with Gasteiger partial charge in [0.1, 0.15) is 5.76 Å². The van der Waals surface area contributed by atoms with E-state index < -0.39 is 0 Å². The Balaban J connectivity index is 1.58. The van der Waals surface area contributed by atoms with Crippen molar-refractivity contribution in [3.8, 4) is 0 Å². The Hall–Kier alpha value is -2.33. The van der Waals surface area contributed by atoms with Gasteiger partial charge in [-0.25, -0.2) is 0 Å². The normalized spacial score (nSPS) is 17.0. The maximum Gasteiger partial charge on any atom is 0.244 e. The lowest BCUT2D eigenvalue weighted by atomic mass is 10.1. The van der Waals surface area contributed by atoms with Crippen molar-refractivity contribution in [1.29, 1.82) is 0 Å². The molecule has 126 valence electrons. The average molecular weight is 324 g/mol. The maximum absolute atomic E-state index is 12.1. The van der Waals surface area contributed by atoms with Crippen molar-refractivity contribution in [1.82, 2.24) is 10.2 Å². The molecule has 0 aliphatic carbocycles. The molecule has 1 saturated heterocycles. The van der Waals surface area contributed by atoms with Crippen LogP contribution >= 0.6 is 0 Å². The minimum atomic E-state index is -0.0765. The van der Waals surface area contributed by atoms with Gasteiger partial charge in [-0.2, -0.15) is 0 Å².